The summed E-state index contributed by atoms with van der Waals surface area (Å²) in [5, 5.41) is 0. The molecule has 1 aliphatic rings. The zero-order valence-electron chi connectivity index (χ0n) is 13.2. The minimum atomic E-state index is -2.54. The Bertz CT molecular complexity index is 714. The van der Waals surface area contributed by atoms with Crippen molar-refractivity contribution in [3.8, 4) is 0 Å². The number of carbonyl (C=O) groups is 1. The van der Waals surface area contributed by atoms with E-state index in [0.717, 1.165) is 5.95 Å². The van der Waals surface area contributed by atoms with Gasteiger partial charge in [0.05, 0.1) is 5.56 Å². The lowest BCUT2D eigenvalue weighted by molar-refractivity contribution is 0.0742. The van der Waals surface area contributed by atoms with E-state index in [1.807, 2.05) is 17.8 Å². The van der Waals surface area contributed by atoms with E-state index in [1.54, 1.807) is 35.4 Å². The molecule has 1 fully saturated rings. The lowest BCUT2D eigenvalue weighted by Gasteiger charge is -2.35. The standard InChI is InChI=1S/C16H18F2N4OS/c1-20-7-6-19-16(20)22-10-8-21(9-11-22)14(23)12-4-2-3-5-13(12)24-15(17)18/h2-7,15H,8-11H2,1H3. The van der Waals surface area contributed by atoms with Gasteiger partial charge in [0.25, 0.3) is 11.7 Å². The van der Waals surface area contributed by atoms with Crippen LogP contribution in [-0.4, -0.2) is 52.3 Å². The maximum atomic E-state index is 12.7. The van der Waals surface area contributed by atoms with E-state index in [9.17, 15) is 13.6 Å². The molecule has 2 heterocycles. The number of benzene rings is 1. The first-order valence-electron chi connectivity index (χ1n) is 7.61. The van der Waals surface area contributed by atoms with E-state index in [2.05, 4.69) is 9.88 Å². The molecular weight excluding hydrogens is 334 g/mol. The number of amides is 1. The third kappa shape index (κ3) is 3.53. The Morgan fingerprint density at radius 1 is 1.21 bits per heavy atom. The lowest BCUT2D eigenvalue weighted by atomic mass is 10.2. The van der Waals surface area contributed by atoms with E-state index < -0.39 is 5.76 Å². The van der Waals surface area contributed by atoms with Gasteiger partial charge in [-0.25, -0.2) is 4.98 Å². The molecule has 1 saturated heterocycles. The maximum absolute atomic E-state index is 12.7. The number of rotatable bonds is 4. The van der Waals surface area contributed by atoms with Crippen LogP contribution in [0, 0.1) is 0 Å². The third-order valence-corrected chi connectivity index (χ3v) is 4.77. The molecule has 0 unspecified atom stereocenters. The van der Waals surface area contributed by atoms with E-state index in [0.29, 0.717) is 48.4 Å². The molecule has 128 valence electrons. The fourth-order valence-corrected chi connectivity index (χ4v) is 3.42. The van der Waals surface area contributed by atoms with Crippen molar-refractivity contribution in [2.45, 2.75) is 10.7 Å². The number of carbonyl (C=O) groups excluding carboxylic acids is 1. The van der Waals surface area contributed by atoms with Gasteiger partial charge < -0.3 is 14.4 Å². The van der Waals surface area contributed by atoms with Gasteiger partial charge in [-0.05, 0) is 12.1 Å². The van der Waals surface area contributed by atoms with Crippen molar-refractivity contribution < 1.29 is 13.6 Å². The van der Waals surface area contributed by atoms with Gasteiger partial charge in [0.2, 0.25) is 5.95 Å². The van der Waals surface area contributed by atoms with Gasteiger partial charge in [-0.2, -0.15) is 8.78 Å². The smallest absolute Gasteiger partial charge is 0.288 e. The van der Waals surface area contributed by atoms with E-state index in [4.69, 9.17) is 0 Å². The maximum Gasteiger partial charge on any atom is 0.288 e. The minimum Gasteiger partial charge on any atom is -0.339 e. The van der Waals surface area contributed by atoms with Crippen LogP contribution >= 0.6 is 11.8 Å². The predicted molar refractivity (Wildman–Crippen MR) is 89.6 cm³/mol. The van der Waals surface area contributed by atoms with Crippen LogP contribution in [0.3, 0.4) is 0 Å². The molecule has 0 saturated carbocycles. The molecule has 8 heteroatoms. The Kier molecular flexibility index (Phi) is 5.03. The minimum absolute atomic E-state index is 0.196. The number of piperazine rings is 1. The van der Waals surface area contributed by atoms with Crippen LogP contribution < -0.4 is 4.90 Å². The van der Waals surface area contributed by atoms with Crippen molar-refractivity contribution >= 4 is 23.6 Å². The normalized spacial score (nSPS) is 15.2. The number of anilines is 1. The van der Waals surface area contributed by atoms with E-state index in [1.165, 1.54) is 0 Å². The van der Waals surface area contributed by atoms with Crippen molar-refractivity contribution in [3.63, 3.8) is 0 Å². The highest BCUT2D eigenvalue weighted by molar-refractivity contribution is 7.99. The Labute approximate surface area is 143 Å². The predicted octanol–water partition coefficient (Wildman–Crippen LogP) is 2.70. The monoisotopic (exact) mass is 352 g/mol. The fraction of sp³-hybridized carbons (Fsp3) is 0.375. The van der Waals surface area contributed by atoms with Crippen molar-refractivity contribution in [3.05, 3.63) is 42.2 Å². The Balaban J connectivity index is 1.69. The summed E-state index contributed by atoms with van der Waals surface area (Å²) in [4.78, 5) is 21.2. The zero-order valence-corrected chi connectivity index (χ0v) is 14.0. The van der Waals surface area contributed by atoms with Gasteiger partial charge >= 0.3 is 0 Å². The van der Waals surface area contributed by atoms with Crippen LogP contribution in [0.4, 0.5) is 14.7 Å². The number of halogens is 2. The zero-order chi connectivity index (χ0) is 17.1. The Hall–Kier alpha value is -2.09. The average Bonchev–Trinajstić information content (AvgIpc) is 3.00. The van der Waals surface area contributed by atoms with Crippen LogP contribution in [0.2, 0.25) is 0 Å². The first kappa shape index (κ1) is 16.8. The molecule has 0 atom stereocenters. The number of hydrogen-bond acceptors (Lipinski definition) is 4. The molecule has 1 aromatic heterocycles. The highest BCUT2D eigenvalue weighted by Crippen LogP contribution is 2.29. The second kappa shape index (κ2) is 7.21. The largest absolute Gasteiger partial charge is 0.339 e. The van der Waals surface area contributed by atoms with Gasteiger partial charge in [-0.1, -0.05) is 23.9 Å². The summed E-state index contributed by atoms with van der Waals surface area (Å²) in [5.74, 6) is -1.87. The fourth-order valence-electron chi connectivity index (χ4n) is 2.78. The Morgan fingerprint density at radius 2 is 1.92 bits per heavy atom. The topological polar surface area (TPSA) is 41.4 Å². The molecule has 0 aliphatic carbocycles. The summed E-state index contributed by atoms with van der Waals surface area (Å²) in [7, 11) is 1.93. The van der Waals surface area contributed by atoms with Gasteiger partial charge in [-0.15, -0.1) is 0 Å². The van der Waals surface area contributed by atoms with Gasteiger partial charge in [0, 0.05) is 50.5 Å². The summed E-state index contributed by atoms with van der Waals surface area (Å²) in [6.45, 7) is 2.42. The van der Waals surface area contributed by atoms with Gasteiger partial charge in [0.15, 0.2) is 0 Å². The van der Waals surface area contributed by atoms with Crippen LogP contribution in [0.5, 0.6) is 0 Å². The number of imidazole rings is 1. The number of thioether (sulfide) groups is 1. The number of aromatic nitrogens is 2. The summed E-state index contributed by atoms with van der Waals surface area (Å²) < 4.78 is 27.3. The van der Waals surface area contributed by atoms with Crippen molar-refractivity contribution in [1.82, 2.24) is 14.5 Å². The molecule has 0 radical (unpaired) electrons. The molecule has 24 heavy (non-hydrogen) atoms. The van der Waals surface area contributed by atoms with E-state index >= 15 is 0 Å². The quantitative estimate of drug-likeness (QED) is 0.794. The first-order valence-corrected chi connectivity index (χ1v) is 8.49. The van der Waals surface area contributed by atoms with Crippen molar-refractivity contribution in [2.75, 3.05) is 31.1 Å². The first-order chi connectivity index (χ1) is 11.6. The molecule has 2 aromatic rings. The molecule has 1 amide bonds. The Morgan fingerprint density at radius 3 is 2.54 bits per heavy atom. The average molecular weight is 352 g/mol. The molecule has 3 rings (SSSR count). The molecule has 5 nitrogen and oxygen atoms in total. The summed E-state index contributed by atoms with van der Waals surface area (Å²) in [6.07, 6.45) is 3.62. The lowest BCUT2D eigenvalue weighted by Crippen LogP contribution is -2.49. The highest BCUT2D eigenvalue weighted by atomic mass is 32.2. The molecule has 1 aromatic carbocycles. The second-order valence-electron chi connectivity index (χ2n) is 5.49. The number of aryl methyl sites for hydroxylation is 1. The van der Waals surface area contributed by atoms with Crippen molar-refractivity contribution in [1.29, 1.82) is 0 Å². The molecule has 0 bridgehead atoms. The molecular formula is C16H18F2N4OS. The van der Waals surface area contributed by atoms with Crippen LogP contribution in [0.1, 0.15) is 10.4 Å². The SMILES string of the molecule is Cn1ccnc1N1CCN(C(=O)c2ccccc2SC(F)F)CC1. The summed E-state index contributed by atoms with van der Waals surface area (Å²) in [5.41, 5.74) is 0.341. The van der Waals surface area contributed by atoms with Gasteiger partial charge in [-0.3, -0.25) is 4.79 Å². The van der Waals surface area contributed by atoms with Crippen LogP contribution in [0.15, 0.2) is 41.6 Å². The molecule has 0 N–H and O–H groups in total. The summed E-state index contributed by atoms with van der Waals surface area (Å²) >= 11 is 0.413. The number of nitrogens with zero attached hydrogens (tertiary/aromatic N) is 4. The van der Waals surface area contributed by atoms with Crippen LogP contribution in [0.25, 0.3) is 0 Å². The second-order valence-corrected chi connectivity index (χ2v) is 6.52. The van der Waals surface area contributed by atoms with Crippen molar-refractivity contribution in [2.24, 2.45) is 7.05 Å². The van der Waals surface area contributed by atoms with Gasteiger partial charge in [0.1, 0.15) is 0 Å². The summed E-state index contributed by atoms with van der Waals surface area (Å²) in [6, 6.07) is 6.54. The molecule has 0 spiro atoms. The van der Waals surface area contributed by atoms with E-state index in [-0.39, 0.29) is 5.91 Å². The number of hydrogen-bond donors (Lipinski definition) is 0. The van der Waals surface area contributed by atoms with Crippen LogP contribution in [-0.2, 0) is 7.05 Å². The highest BCUT2D eigenvalue weighted by Gasteiger charge is 2.25. The molecule has 1 aliphatic heterocycles. The number of alkyl halides is 2. The third-order valence-electron chi connectivity index (χ3n) is 3.98.